The summed E-state index contributed by atoms with van der Waals surface area (Å²) in [5.74, 6) is -0.00432. The van der Waals surface area contributed by atoms with Crippen molar-refractivity contribution in [2.45, 2.75) is 31.9 Å². The number of rotatable bonds is 7. The Labute approximate surface area is 151 Å². The summed E-state index contributed by atoms with van der Waals surface area (Å²) in [4.78, 5) is 24.8. The Morgan fingerprint density at radius 1 is 1.38 bits per heavy atom. The number of alkyl carbamates (subject to hydrolysis) is 1. The lowest BCUT2D eigenvalue weighted by molar-refractivity contribution is -0.126. The lowest BCUT2D eigenvalue weighted by atomic mass is 10.1. The highest BCUT2D eigenvalue weighted by Gasteiger charge is 2.31. The van der Waals surface area contributed by atoms with E-state index in [1.807, 2.05) is 12.1 Å². The first kappa shape index (κ1) is 18.5. The zero-order valence-electron chi connectivity index (χ0n) is 13.4. The van der Waals surface area contributed by atoms with Crippen LogP contribution in [0.5, 0.6) is 0 Å². The summed E-state index contributed by atoms with van der Waals surface area (Å²) in [6.07, 6.45) is 1.79. The molecule has 1 aromatic carbocycles. The number of nitrogens with zero attached hydrogens (tertiary/aromatic N) is 1. The highest BCUT2D eigenvalue weighted by atomic mass is 35.5. The van der Waals surface area contributed by atoms with Crippen molar-refractivity contribution in [3.05, 3.63) is 34.9 Å². The van der Waals surface area contributed by atoms with Crippen molar-refractivity contribution in [3.8, 4) is 0 Å². The molecule has 6 nitrogen and oxygen atoms in total. The van der Waals surface area contributed by atoms with Crippen LogP contribution in [0.4, 0.5) is 4.79 Å². The minimum absolute atomic E-state index is 0.00432. The number of hydrogen-bond acceptors (Lipinski definition) is 4. The second-order valence-electron chi connectivity index (χ2n) is 5.52. The Morgan fingerprint density at radius 3 is 2.71 bits per heavy atom. The summed E-state index contributed by atoms with van der Waals surface area (Å²) in [5.41, 5.74) is 0.875. The molecule has 0 spiro atoms. The van der Waals surface area contributed by atoms with Crippen molar-refractivity contribution in [3.63, 3.8) is 0 Å². The predicted octanol–water partition coefficient (Wildman–Crippen LogP) is 2.45. The van der Waals surface area contributed by atoms with Gasteiger partial charge in [-0.3, -0.25) is 9.69 Å². The van der Waals surface area contributed by atoms with Crippen molar-refractivity contribution in [1.29, 1.82) is 0 Å². The quantitative estimate of drug-likeness (QED) is 0.570. The largest absolute Gasteiger partial charge is 0.445 e. The maximum Gasteiger partial charge on any atom is 0.407 e. The number of thiocarbonyl (C=S) groups is 1. The van der Waals surface area contributed by atoms with Gasteiger partial charge in [-0.15, -0.1) is 0 Å². The van der Waals surface area contributed by atoms with Crippen LogP contribution >= 0.6 is 23.8 Å². The Bertz CT molecular complexity index is 609. The Balaban J connectivity index is 1.56. The van der Waals surface area contributed by atoms with Crippen molar-refractivity contribution in [2.24, 2.45) is 0 Å². The van der Waals surface area contributed by atoms with Gasteiger partial charge in [-0.05, 0) is 49.2 Å². The molecule has 0 aromatic heterocycles. The average molecular weight is 370 g/mol. The maximum absolute atomic E-state index is 11.8. The number of carbonyl (C=O) groups excluding carboxylic acids is 2. The molecule has 1 unspecified atom stereocenters. The molecule has 8 heteroatoms. The molecular weight excluding hydrogens is 350 g/mol. The van der Waals surface area contributed by atoms with E-state index < -0.39 is 6.09 Å². The number of benzene rings is 1. The number of ether oxygens (including phenoxy) is 1. The fourth-order valence-corrected chi connectivity index (χ4v) is 2.64. The van der Waals surface area contributed by atoms with Crippen molar-refractivity contribution < 1.29 is 14.3 Å². The predicted molar refractivity (Wildman–Crippen MR) is 95.8 cm³/mol. The second kappa shape index (κ2) is 8.84. The van der Waals surface area contributed by atoms with E-state index in [1.54, 1.807) is 19.2 Å². The molecule has 0 saturated carbocycles. The molecule has 0 radical (unpaired) electrons. The monoisotopic (exact) mass is 369 g/mol. The first-order valence-corrected chi connectivity index (χ1v) is 8.49. The van der Waals surface area contributed by atoms with Gasteiger partial charge in [0.1, 0.15) is 12.6 Å². The minimum atomic E-state index is -0.457. The molecule has 24 heavy (non-hydrogen) atoms. The number of amides is 2. The Morgan fingerprint density at radius 2 is 2.08 bits per heavy atom. The molecule has 2 amide bonds. The van der Waals surface area contributed by atoms with E-state index in [2.05, 4.69) is 10.6 Å². The second-order valence-corrected chi connectivity index (χ2v) is 6.35. The van der Waals surface area contributed by atoms with Crippen molar-refractivity contribution in [2.75, 3.05) is 13.6 Å². The van der Waals surface area contributed by atoms with Gasteiger partial charge in [0.15, 0.2) is 5.11 Å². The number of halogens is 1. The highest BCUT2D eigenvalue weighted by Crippen LogP contribution is 2.11. The molecule has 0 aliphatic carbocycles. The lowest BCUT2D eigenvalue weighted by Gasteiger charge is -2.09. The highest BCUT2D eigenvalue weighted by molar-refractivity contribution is 7.80. The van der Waals surface area contributed by atoms with Gasteiger partial charge in [0.05, 0.1) is 0 Å². The Hall–Kier alpha value is -1.86. The van der Waals surface area contributed by atoms with E-state index in [0.717, 1.165) is 18.4 Å². The van der Waals surface area contributed by atoms with E-state index in [1.165, 1.54) is 4.90 Å². The molecule has 1 saturated heterocycles. The standard InChI is InChI=1S/C16H20ClN3O3S/c1-20-14(21)13(19-15(20)24)4-2-3-9-18-16(22)23-10-11-5-7-12(17)8-6-11/h5-8,13H,2-4,9-10H2,1H3,(H,18,22)(H,19,24). The first-order chi connectivity index (χ1) is 11.5. The van der Waals surface area contributed by atoms with Crippen molar-refractivity contribution in [1.82, 2.24) is 15.5 Å². The summed E-state index contributed by atoms with van der Waals surface area (Å²) < 4.78 is 5.11. The van der Waals surface area contributed by atoms with Crippen LogP contribution < -0.4 is 10.6 Å². The molecule has 1 aliphatic heterocycles. The summed E-state index contributed by atoms with van der Waals surface area (Å²) >= 11 is 10.8. The van der Waals surface area contributed by atoms with Gasteiger partial charge in [0.25, 0.3) is 5.91 Å². The molecule has 1 aromatic rings. The van der Waals surface area contributed by atoms with Crippen LogP contribution in [-0.2, 0) is 16.1 Å². The third-order valence-corrected chi connectivity index (χ3v) is 4.35. The van der Waals surface area contributed by atoms with Gasteiger partial charge in [0.2, 0.25) is 0 Å². The van der Waals surface area contributed by atoms with E-state index in [9.17, 15) is 9.59 Å². The summed E-state index contributed by atoms with van der Waals surface area (Å²) in [5, 5.41) is 6.78. The van der Waals surface area contributed by atoms with Crippen LogP contribution in [0.1, 0.15) is 24.8 Å². The van der Waals surface area contributed by atoms with Gasteiger partial charge in [0, 0.05) is 18.6 Å². The van der Waals surface area contributed by atoms with E-state index in [4.69, 9.17) is 28.6 Å². The van der Waals surface area contributed by atoms with Crippen LogP contribution in [-0.4, -0.2) is 41.6 Å². The van der Waals surface area contributed by atoms with E-state index >= 15 is 0 Å². The third-order valence-electron chi connectivity index (χ3n) is 3.70. The topological polar surface area (TPSA) is 70.7 Å². The van der Waals surface area contributed by atoms with Crippen LogP contribution in [0, 0.1) is 0 Å². The van der Waals surface area contributed by atoms with Gasteiger partial charge in [-0.25, -0.2) is 4.79 Å². The molecule has 0 bridgehead atoms. The van der Waals surface area contributed by atoms with Gasteiger partial charge in [-0.2, -0.15) is 0 Å². The number of carbonyl (C=O) groups is 2. The SMILES string of the molecule is CN1C(=O)C(CCCCNC(=O)OCc2ccc(Cl)cc2)NC1=S. The van der Waals surface area contributed by atoms with Gasteiger partial charge in [-0.1, -0.05) is 23.7 Å². The lowest BCUT2D eigenvalue weighted by Crippen LogP contribution is -2.29. The Kier molecular flexibility index (Phi) is 6.81. The van der Waals surface area contributed by atoms with Crippen LogP contribution in [0.15, 0.2) is 24.3 Å². The first-order valence-electron chi connectivity index (χ1n) is 7.70. The van der Waals surface area contributed by atoms with Gasteiger partial charge >= 0.3 is 6.09 Å². The fraction of sp³-hybridized carbons (Fsp3) is 0.438. The summed E-state index contributed by atoms with van der Waals surface area (Å²) in [7, 11) is 1.66. The number of likely N-dealkylation sites (N-methyl/N-ethyl adjacent to an activating group) is 1. The zero-order chi connectivity index (χ0) is 17.5. The maximum atomic E-state index is 11.8. The summed E-state index contributed by atoms with van der Waals surface area (Å²) in [6, 6.07) is 6.87. The molecule has 1 heterocycles. The van der Waals surface area contributed by atoms with Crippen molar-refractivity contribution >= 4 is 40.9 Å². The molecular formula is C16H20ClN3O3S. The van der Waals surface area contributed by atoms with E-state index in [0.29, 0.717) is 23.1 Å². The number of nitrogens with one attached hydrogen (secondary N) is 2. The van der Waals surface area contributed by atoms with Crippen LogP contribution in [0.25, 0.3) is 0 Å². The zero-order valence-corrected chi connectivity index (χ0v) is 15.0. The van der Waals surface area contributed by atoms with Crippen LogP contribution in [0.3, 0.4) is 0 Å². The summed E-state index contributed by atoms with van der Waals surface area (Å²) in [6.45, 7) is 0.702. The molecule has 1 atom stereocenters. The molecule has 2 rings (SSSR count). The van der Waals surface area contributed by atoms with Gasteiger partial charge < -0.3 is 15.4 Å². The van der Waals surface area contributed by atoms with E-state index in [-0.39, 0.29) is 18.6 Å². The average Bonchev–Trinajstić information content (AvgIpc) is 2.81. The molecule has 1 fully saturated rings. The normalized spacial score (nSPS) is 16.9. The molecule has 130 valence electrons. The minimum Gasteiger partial charge on any atom is -0.445 e. The number of hydrogen-bond donors (Lipinski definition) is 2. The number of unbranched alkanes of at least 4 members (excludes halogenated alkanes) is 1. The molecule has 1 aliphatic rings. The fourth-order valence-electron chi connectivity index (χ4n) is 2.28. The third kappa shape index (κ3) is 5.35. The molecule has 2 N–H and O–H groups in total. The smallest absolute Gasteiger partial charge is 0.407 e. The van der Waals surface area contributed by atoms with Crippen LogP contribution in [0.2, 0.25) is 5.02 Å².